The molecular formula is C20H34N5O2P. The van der Waals surface area contributed by atoms with Crippen LogP contribution in [-0.4, -0.2) is 36.4 Å². The first-order chi connectivity index (χ1) is 13.6. The van der Waals surface area contributed by atoms with Crippen LogP contribution >= 0.6 is 7.37 Å². The van der Waals surface area contributed by atoms with Crippen molar-refractivity contribution in [2.45, 2.75) is 58.8 Å². The fraction of sp³-hybridized carbons (Fsp3) is 0.650. The predicted molar refractivity (Wildman–Crippen MR) is 116 cm³/mol. The molecule has 0 bridgehead atoms. The van der Waals surface area contributed by atoms with Crippen LogP contribution in [0.3, 0.4) is 0 Å². The molecule has 0 aliphatic rings. The Morgan fingerprint density at radius 3 is 2.29 bits per heavy atom. The Bertz CT molecular complexity index is 652. The summed E-state index contributed by atoms with van der Waals surface area (Å²) in [4.78, 5) is 9.54. The summed E-state index contributed by atoms with van der Waals surface area (Å²) in [6.45, 7) is 5.09. The van der Waals surface area contributed by atoms with Crippen LogP contribution in [0.25, 0.3) is 0 Å². The van der Waals surface area contributed by atoms with Gasteiger partial charge < -0.3 is 10.3 Å². The number of hydrogen-bond donors (Lipinski definition) is 1. The van der Waals surface area contributed by atoms with E-state index in [9.17, 15) is 9.83 Å². The maximum atomic E-state index is 12.1. The highest BCUT2D eigenvalue weighted by molar-refractivity contribution is 7.58. The molecule has 1 heterocycles. The molecule has 0 unspecified atom stereocenters. The second kappa shape index (κ2) is 14.1. The maximum absolute atomic E-state index is 12.1. The Morgan fingerprint density at radius 1 is 1.14 bits per heavy atom. The number of pyridine rings is 1. The van der Waals surface area contributed by atoms with Gasteiger partial charge in [-0.3, -0.25) is 14.5 Å². The molecule has 0 aromatic carbocycles. The second-order valence-corrected chi connectivity index (χ2v) is 9.79. The molecule has 0 fully saturated rings. The van der Waals surface area contributed by atoms with E-state index in [-0.39, 0.29) is 5.96 Å². The van der Waals surface area contributed by atoms with E-state index in [1.807, 2.05) is 20.0 Å². The fourth-order valence-corrected chi connectivity index (χ4v) is 4.01. The number of guanidine groups is 1. The molecule has 0 aliphatic heterocycles. The van der Waals surface area contributed by atoms with Crippen LogP contribution < -0.4 is 10.6 Å². The molecule has 0 radical (unpaired) electrons. The van der Waals surface area contributed by atoms with Crippen molar-refractivity contribution in [1.82, 2.24) is 4.98 Å². The summed E-state index contributed by atoms with van der Waals surface area (Å²) < 4.78 is 17.7. The first-order valence-corrected chi connectivity index (χ1v) is 12.2. The molecule has 1 rings (SSSR count). The Labute approximate surface area is 169 Å². The highest BCUT2D eigenvalue weighted by Crippen LogP contribution is 2.45. The Hall–Kier alpha value is -1.90. The van der Waals surface area contributed by atoms with Crippen molar-refractivity contribution in [3.63, 3.8) is 0 Å². The Kier molecular flexibility index (Phi) is 12.2. The number of aromatic nitrogens is 1. The fourth-order valence-electron chi connectivity index (χ4n) is 2.73. The van der Waals surface area contributed by atoms with Crippen molar-refractivity contribution >= 4 is 19.0 Å². The van der Waals surface area contributed by atoms with E-state index in [1.165, 1.54) is 17.7 Å². The molecule has 2 N–H and O–H groups in total. The summed E-state index contributed by atoms with van der Waals surface area (Å²) in [6, 6.07) is 3.44. The number of anilines is 1. The van der Waals surface area contributed by atoms with E-state index in [0.29, 0.717) is 31.2 Å². The van der Waals surface area contributed by atoms with Crippen LogP contribution in [0.5, 0.6) is 0 Å². The minimum atomic E-state index is -2.34. The third kappa shape index (κ3) is 9.34. The number of nitrogens with two attached hydrogens (primary N) is 1. The van der Waals surface area contributed by atoms with Crippen LogP contribution in [0.15, 0.2) is 29.5 Å². The lowest BCUT2D eigenvalue weighted by atomic mass is 10.1. The molecule has 28 heavy (non-hydrogen) atoms. The zero-order valence-corrected chi connectivity index (χ0v) is 18.1. The number of rotatable bonds is 14. The van der Waals surface area contributed by atoms with E-state index >= 15 is 0 Å². The van der Waals surface area contributed by atoms with E-state index in [0.717, 1.165) is 32.1 Å². The molecule has 156 valence electrons. The molecule has 0 spiro atoms. The highest BCUT2D eigenvalue weighted by atomic mass is 31.2. The molecule has 0 amide bonds. The minimum absolute atomic E-state index is 0.213. The van der Waals surface area contributed by atoms with Crippen molar-refractivity contribution in [1.29, 1.82) is 5.26 Å². The molecular weight excluding hydrogens is 373 g/mol. The van der Waals surface area contributed by atoms with Gasteiger partial charge in [-0.1, -0.05) is 46.0 Å². The zero-order chi connectivity index (χ0) is 20.7. The van der Waals surface area contributed by atoms with Crippen LogP contribution in [0.2, 0.25) is 0 Å². The van der Waals surface area contributed by atoms with Crippen molar-refractivity contribution < 1.29 is 9.09 Å². The first kappa shape index (κ1) is 24.1. The third-order valence-corrected chi connectivity index (χ3v) is 7.20. The number of hydrogen-bond acceptors (Lipinski definition) is 5. The van der Waals surface area contributed by atoms with Crippen LogP contribution in [0.4, 0.5) is 5.69 Å². The average molecular weight is 407 g/mol. The lowest BCUT2D eigenvalue weighted by Crippen LogP contribution is -2.33. The lowest BCUT2D eigenvalue weighted by molar-refractivity contribution is 0.302. The number of nitriles is 1. The van der Waals surface area contributed by atoms with Crippen molar-refractivity contribution in [3.05, 3.63) is 24.5 Å². The standard InChI is InChI=1S/C20H34N5O2P/c1-3-28(26,4-2)27-17-11-9-7-5-6-8-10-14-24-20(22)25(18-21)19-12-15-23-16-13-19/h12-13,15-16H,3-11,14,17H2,1-2H3,(H2,22,24). The van der Waals surface area contributed by atoms with Crippen LogP contribution in [0, 0.1) is 11.5 Å². The van der Waals surface area contributed by atoms with Gasteiger partial charge in [0.1, 0.15) is 0 Å². The second-order valence-electron chi connectivity index (χ2n) is 6.64. The van der Waals surface area contributed by atoms with Crippen LogP contribution in [0.1, 0.15) is 58.8 Å². The van der Waals surface area contributed by atoms with Gasteiger partial charge in [0.25, 0.3) is 0 Å². The van der Waals surface area contributed by atoms with Gasteiger partial charge in [0, 0.05) is 31.3 Å². The first-order valence-electron chi connectivity index (χ1n) is 10.2. The van der Waals surface area contributed by atoms with Crippen molar-refractivity contribution in [2.75, 3.05) is 30.4 Å². The maximum Gasteiger partial charge on any atom is 0.209 e. The van der Waals surface area contributed by atoms with Crippen molar-refractivity contribution in [2.24, 2.45) is 10.7 Å². The SMILES string of the molecule is CCP(=O)(CC)OCCCCCCCCCN=C(N)N(C#N)c1ccncc1. The Morgan fingerprint density at radius 2 is 1.71 bits per heavy atom. The van der Waals surface area contributed by atoms with Gasteiger partial charge in [0.15, 0.2) is 6.19 Å². The quantitative estimate of drug-likeness (QED) is 0.119. The summed E-state index contributed by atoms with van der Waals surface area (Å²) >= 11 is 0. The summed E-state index contributed by atoms with van der Waals surface area (Å²) in [7, 11) is -2.34. The van der Waals surface area contributed by atoms with Gasteiger partial charge in [-0.05, 0) is 25.0 Å². The summed E-state index contributed by atoms with van der Waals surface area (Å²) in [5.41, 5.74) is 6.59. The topological polar surface area (TPSA) is 105 Å². The van der Waals surface area contributed by atoms with Gasteiger partial charge in [-0.15, -0.1) is 0 Å². The molecule has 0 aliphatic carbocycles. The van der Waals surface area contributed by atoms with Gasteiger partial charge in [-0.25, -0.2) is 4.90 Å². The molecule has 0 saturated heterocycles. The van der Waals surface area contributed by atoms with Gasteiger partial charge in [-0.2, -0.15) is 5.26 Å². The normalized spacial score (nSPS) is 12.0. The number of aliphatic imine (C=N–C) groups is 1. The highest BCUT2D eigenvalue weighted by Gasteiger charge is 2.16. The number of nitrogens with zero attached hydrogens (tertiary/aromatic N) is 4. The summed E-state index contributed by atoms with van der Waals surface area (Å²) in [6.07, 6.45) is 14.2. The molecule has 8 heteroatoms. The Balaban J connectivity index is 2.09. The molecule has 1 aromatic heterocycles. The molecule has 0 saturated carbocycles. The smallest absolute Gasteiger partial charge is 0.209 e. The lowest BCUT2D eigenvalue weighted by Gasteiger charge is -2.14. The third-order valence-electron chi connectivity index (χ3n) is 4.62. The molecule has 1 aromatic rings. The van der Waals surface area contributed by atoms with E-state index in [2.05, 4.69) is 9.98 Å². The monoisotopic (exact) mass is 407 g/mol. The van der Waals surface area contributed by atoms with E-state index in [1.54, 1.807) is 24.5 Å². The average Bonchev–Trinajstić information content (AvgIpc) is 2.73. The van der Waals surface area contributed by atoms with Gasteiger partial charge >= 0.3 is 0 Å². The van der Waals surface area contributed by atoms with Crippen LogP contribution in [-0.2, 0) is 9.09 Å². The molecule has 0 atom stereocenters. The minimum Gasteiger partial charge on any atom is -0.369 e. The van der Waals surface area contributed by atoms with Gasteiger partial charge in [0.05, 0.1) is 12.3 Å². The van der Waals surface area contributed by atoms with E-state index in [4.69, 9.17) is 10.3 Å². The number of unbranched alkanes of at least 4 members (excludes halogenated alkanes) is 6. The largest absolute Gasteiger partial charge is 0.369 e. The summed E-state index contributed by atoms with van der Waals surface area (Å²) in [5.74, 6) is 0.213. The van der Waals surface area contributed by atoms with Gasteiger partial charge in [0.2, 0.25) is 13.3 Å². The molecule has 7 nitrogen and oxygen atoms in total. The predicted octanol–water partition coefficient (Wildman–Crippen LogP) is 4.75. The summed E-state index contributed by atoms with van der Waals surface area (Å²) in [5, 5.41) is 9.25. The van der Waals surface area contributed by atoms with E-state index < -0.39 is 7.37 Å². The zero-order valence-electron chi connectivity index (χ0n) is 17.2. The van der Waals surface area contributed by atoms with Crippen molar-refractivity contribution in [3.8, 4) is 6.19 Å².